The molecule has 0 aliphatic rings. The van der Waals surface area contributed by atoms with Gasteiger partial charge in [-0.15, -0.1) is 11.6 Å². The van der Waals surface area contributed by atoms with E-state index >= 15 is 0 Å². The van der Waals surface area contributed by atoms with Crippen molar-refractivity contribution in [3.8, 4) is 0 Å². The second kappa shape index (κ2) is 5.61. The SMILES string of the molecule is CN(C)CCn1c(CCl)nc2cc(C(F)(F)F)ccc21. The summed E-state index contributed by atoms with van der Waals surface area (Å²) in [6, 6.07) is 3.60. The van der Waals surface area contributed by atoms with Crippen molar-refractivity contribution in [2.24, 2.45) is 0 Å². The minimum absolute atomic E-state index is 0.170. The molecule has 1 heterocycles. The summed E-state index contributed by atoms with van der Waals surface area (Å²) in [5, 5.41) is 0. The molecule has 110 valence electrons. The molecular formula is C13H15ClF3N3. The molecule has 0 saturated carbocycles. The van der Waals surface area contributed by atoms with Crippen molar-refractivity contribution in [1.29, 1.82) is 0 Å². The molecule has 1 aromatic carbocycles. The lowest BCUT2D eigenvalue weighted by atomic mass is 10.2. The van der Waals surface area contributed by atoms with Gasteiger partial charge in [-0.1, -0.05) is 0 Å². The van der Waals surface area contributed by atoms with Crippen molar-refractivity contribution < 1.29 is 13.2 Å². The van der Waals surface area contributed by atoms with E-state index in [1.165, 1.54) is 6.07 Å². The molecule has 20 heavy (non-hydrogen) atoms. The Labute approximate surface area is 120 Å². The minimum atomic E-state index is -4.36. The van der Waals surface area contributed by atoms with Gasteiger partial charge in [0.25, 0.3) is 0 Å². The number of likely N-dealkylation sites (N-methyl/N-ethyl adjacent to an activating group) is 1. The zero-order chi connectivity index (χ0) is 14.9. The highest BCUT2D eigenvalue weighted by atomic mass is 35.5. The highest BCUT2D eigenvalue weighted by Gasteiger charge is 2.31. The second-order valence-electron chi connectivity index (χ2n) is 4.82. The predicted octanol–water partition coefficient (Wildman–Crippen LogP) is 3.36. The van der Waals surface area contributed by atoms with E-state index in [0.29, 0.717) is 23.4 Å². The summed E-state index contributed by atoms with van der Waals surface area (Å²) in [4.78, 5) is 6.19. The fourth-order valence-electron chi connectivity index (χ4n) is 2.01. The Balaban J connectivity index is 2.46. The summed E-state index contributed by atoms with van der Waals surface area (Å²) in [6.07, 6.45) is -4.36. The Hall–Kier alpha value is -1.27. The summed E-state index contributed by atoms with van der Waals surface area (Å²) in [5.41, 5.74) is 0.313. The Morgan fingerprint density at radius 1 is 1.30 bits per heavy atom. The molecule has 7 heteroatoms. The number of hydrogen-bond acceptors (Lipinski definition) is 2. The number of rotatable bonds is 4. The van der Waals surface area contributed by atoms with Crippen LogP contribution in [0.25, 0.3) is 11.0 Å². The van der Waals surface area contributed by atoms with Crippen LogP contribution in [0.15, 0.2) is 18.2 Å². The molecule has 0 fully saturated rings. The lowest BCUT2D eigenvalue weighted by Crippen LogP contribution is -2.19. The topological polar surface area (TPSA) is 21.1 Å². The first kappa shape index (κ1) is 15.1. The van der Waals surface area contributed by atoms with Crippen LogP contribution in [0.4, 0.5) is 13.2 Å². The van der Waals surface area contributed by atoms with Crippen molar-refractivity contribution in [2.75, 3.05) is 20.6 Å². The third-order valence-corrected chi connectivity index (χ3v) is 3.28. The number of benzene rings is 1. The van der Waals surface area contributed by atoms with Gasteiger partial charge in [0, 0.05) is 13.1 Å². The first-order valence-electron chi connectivity index (χ1n) is 6.10. The summed E-state index contributed by atoms with van der Waals surface area (Å²) >= 11 is 5.83. The van der Waals surface area contributed by atoms with Crippen LogP contribution in [0.5, 0.6) is 0 Å². The molecule has 3 nitrogen and oxygen atoms in total. The average molecular weight is 306 g/mol. The number of hydrogen-bond donors (Lipinski definition) is 0. The molecule has 0 saturated heterocycles. The number of fused-ring (bicyclic) bond motifs is 1. The van der Waals surface area contributed by atoms with Gasteiger partial charge in [-0.2, -0.15) is 13.2 Å². The van der Waals surface area contributed by atoms with Crippen LogP contribution in [0.1, 0.15) is 11.4 Å². The van der Waals surface area contributed by atoms with E-state index < -0.39 is 11.7 Å². The number of halogens is 4. The van der Waals surface area contributed by atoms with E-state index in [0.717, 1.165) is 18.7 Å². The summed E-state index contributed by atoms with van der Waals surface area (Å²) in [5.74, 6) is 0.756. The van der Waals surface area contributed by atoms with Crippen LogP contribution >= 0.6 is 11.6 Å². The second-order valence-corrected chi connectivity index (χ2v) is 5.09. The largest absolute Gasteiger partial charge is 0.416 e. The van der Waals surface area contributed by atoms with Gasteiger partial charge in [0.05, 0.1) is 22.5 Å². The van der Waals surface area contributed by atoms with Crippen molar-refractivity contribution in [2.45, 2.75) is 18.6 Å². The van der Waals surface area contributed by atoms with E-state index in [-0.39, 0.29) is 5.88 Å². The van der Waals surface area contributed by atoms with Crippen molar-refractivity contribution in [1.82, 2.24) is 14.5 Å². The van der Waals surface area contributed by atoms with Gasteiger partial charge in [-0.25, -0.2) is 4.98 Å². The standard InChI is InChI=1S/C13H15ClF3N3/c1-19(2)5-6-20-11-4-3-9(13(15,16)17)7-10(11)18-12(20)8-14/h3-4,7H,5-6,8H2,1-2H3. The van der Waals surface area contributed by atoms with E-state index in [2.05, 4.69) is 4.98 Å². The Kier molecular flexibility index (Phi) is 4.25. The third-order valence-electron chi connectivity index (χ3n) is 3.04. The van der Waals surface area contributed by atoms with Crippen molar-refractivity contribution >= 4 is 22.6 Å². The number of alkyl halides is 4. The molecule has 0 radical (unpaired) electrons. The molecule has 0 aliphatic heterocycles. The molecule has 0 atom stereocenters. The maximum Gasteiger partial charge on any atom is 0.416 e. The van der Waals surface area contributed by atoms with Gasteiger partial charge in [0.2, 0.25) is 0 Å². The highest BCUT2D eigenvalue weighted by Crippen LogP contribution is 2.31. The van der Waals surface area contributed by atoms with Gasteiger partial charge in [0.1, 0.15) is 5.82 Å². The molecule has 0 N–H and O–H groups in total. The molecule has 0 bridgehead atoms. The third kappa shape index (κ3) is 3.07. The fourth-order valence-corrected chi connectivity index (χ4v) is 2.21. The zero-order valence-corrected chi connectivity index (χ0v) is 12.0. The van der Waals surface area contributed by atoms with Crippen LogP contribution in [0, 0.1) is 0 Å². The number of imidazole rings is 1. The van der Waals surface area contributed by atoms with Crippen LogP contribution in [0.2, 0.25) is 0 Å². The van der Waals surface area contributed by atoms with Gasteiger partial charge in [0.15, 0.2) is 0 Å². The lowest BCUT2D eigenvalue weighted by molar-refractivity contribution is -0.137. The zero-order valence-electron chi connectivity index (χ0n) is 11.2. The van der Waals surface area contributed by atoms with Crippen molar-refractivity contribution in [3.63, 3.8) is 0 Å². The van der Waals surface area contributed by atoms with Crippen molar-refractivity contribution in [3.05, 3.63) is 29.6 Å². The lowest BCUT2D eigenvalue weighted by Gasteiger charge is -2.12. The molecule has 0 unspecified atom stereocenters. The maximum atomic E-state index is 12.7. The molecule has 0 amide bonds. The first-order chi connectivity index (χ1) is 9.32. The van der Waals surface area contributed by atoms with E-state index in [1.807, 2.05) is 23.6 Å². The van der Waals surface area contributed by atoms with Crippen LogP contribution in [-0.2, 0) is 18.6 Å². The fraction of sp³-hybridized carbons (Fsp3) is 0.462. The number of aromatic nitrogens is 2. The van der Waals surface area contributed by atoms with Crippen LogP contribution < -0.4 is 0 Å². The normalized spacial score (nSPS) is 12.6. The molecule has 1 aromatic heterocycles. The average Bonchev–Trinajstić information content (AvgIpc) is 2.71. The molecule has 0 aliphatic carbocycles. The Bertz CT molecular complexity index is 605. The van der Waals surface area contributed by atoms with Gasteiger partial charge in [-0.3, -0.25) is 0 Å². The van der Waals surface area contributed by atoms with E-state index in [9.17, 15) is 13.2 Å². The van der Waals surface area contributed by atoms with E-state index in [1.54, 1.807) is 0 Å². The number of nitrogens with zero attached hydrogens (tertiary/aromatic N) is 3. The summed E-state index contributed by atoms with van der Waals surface area (Å²) in [6.45, 7) is 1.40. The van der Waals surface area contributed by atoms with Gasteiger partial charge >= 0.3 is 6.18 Å². The smallest absolute Gasteiger partial charge is 0.326 e. The molecule has 2 rings (SSSR count). The van der Waals surface area contributed by atoms with Crippen LogP contribution in [-0.4, -0.2) is 35.1 Å². The minimum Gasteiger partial charge on any atom is -0.326 e. The Morgan fingerprint density at radius 3 is 2.55 bits per heavy atom. The summed E-state index contributed by atoms with van der Waals surface area (Å²) < 4.78 is 39.9. The first-order valence-corrected chi connectivity index (χ1v) is 6.63. The molecular weight excluding hydrogens is 291 g/mol. The highest BCUT2D eigenvalue weighted by molar-refractivity contribution is 6.16. The molecule has 2 aromatic rings. The monoisotopic (exact) mass is 305 g/mol. The van der Waals surface area contributed by atoms with Gasteiger partial charge in [-0.05, 0) is 32.3 Å². The van der Waals surface area contributed by atoms with E-state index in [4.69, 9.17) is 11.6 Å². The Morgan fingerprint density at radius 2 is 2.00 bits per heavy atom. The predicted molar refractivity (Wildman–Crippen MR) is 72.8 cm³/mol. The quantitative estimate of drug-likeness (QED) is 0.808. The van der Waals surface area contributed by atoms with Gasteiger partial charge < -0.3 is 9.47 Å². The molecule has 0 spiro atoms. The maximum absolute atomic E-state index is 12.7. The van der Waals surface area contributed by atoms with Crippen LogP contribution in [0.3, 0.4) is 0 Å². The summed E-state index contributed by atoms with van der Waals surface area (Å²) in [7, 11) is 3.86.